The summed E-state index contributed by atoms with van der Waals surface area (Å²) in [6.07, 6.45) is 3.95. The molecule has 1 amide bonds. The lowest BCUT2D eigenvalue weighted by Gasteiger charge is -2.22. The summed E-state index contributed by atoms with van der Waals surface area (Å²) >= 11 is 5.88. The van der Waals surface area contributed by atoms with E-state index in [1.807, 2.05) is 13.8 Å². The Morgan fingerprint density at radius 1 is 1.48 bits per heavy atom. The molecule has 1 aliphatic carbocycles. The first-order valence-electron chi connectivity index (χ1n) is 6.92. The summed E-state index contributed by atoms with van der Waals surface area (Å²) in [5, 5.41) is 4.80. The number of hydrogen-bond donors (Lipinski definition) is 1. The van der Waals surface area contributed by atoms with Crippen molar-refractivity contribution < 1.29 is 4.79 Å². The highest BCUT2D eigenvalue weighted by Gasteiger charge is 2.18. The number of halogens is 1. The first-order valence-corrected chi connectivity index (χ1v) is 7.30. The van der Waals surface area contributed by atoms with Crippen LogP contribution in [0.5, 0.6) is 0 Å². The second-order valence-electron chi connectivity index (χ2n) is 5.38. The predicted molar refractivity (Wildman–Crippen MR) is 87.6 cm³/mol. The van der Waals surface area contributed by atoms with Gasteiger partial charge in [-0.2, -0.15) is 5.10 Å². The maximum absolute atomic E-state index is 12.0. The van der Waals surface area contributed by atoms with Crippen molar-refractivity contribution in [1.82, 2.24) is 5.43 Å². The number of nitrogens with zero attached hydrogens (tertiary/aromatic N) is 1. The van der Waals surface area contributed by atoms with E-state index in [2.05, 4.69) is 23.2 Å². The first-order chi connectivity index (χ1) is 9.97. The van der Waals surface area contributed by atoms with E-state index in [0.717, 1.165) is 29.7 Å². The minimum atomic E-state index is -0.254. The summed E-state index contributed by atoms with van der Waals surface area (Å²) in [4.78, 5) is 12.0. The number of carbonyl (C=O) groups is 1. The van der Waals surface area contributed by atoms with Gasteiger partial charge in [-0.05, 0) is 56.4 Å². The van der Waals surface area contributed by atoms with Gasteiger partial charge in [0, 0.05) is 10.6 Å². The quantitative estimate of drug-likeness (QED) is 0.654. The van der Waals surface area contributed by atoms with Crippen LogP contribution < -0.4 is 5.43 Å². The molecule has 0 bridgehead atoms. The average Bonchev–Trinajstić information content (AvgIpc) is 2.45. The third kappa shape index (κ3) is 4.05. The van der Waals surface area contributed by atoms with Crippen molar-refractivity contribution in [2.24, 2.45) is 11.0 Å². The molecule has 3 nitrogen and oxygen atoms in total. The van der Waals surface area contributed by atoms with Gasteiger partial charge in [0.2, 0.25) is 0 Å². The topological polar surface area (TPSA) is 41.5 Å². The second-order valence-corrected chi connectivity index (χ2v) is 5.82. The lowest BCUT2D eigenvalue weighted by molar-refractivity contribution is 0.0954. The van der Waals surface area contributed by atoms with Gasteiger partial charge in [-0.1, -0.05) is 35.9 Å². The molecule has 1 atom stereocenters. The molecule has 1 N–H and O–H groups in total. The molecule has 4 heteroatoms. The monoisotopic (exact) mass is 302 g/mol. The van der Waals surface area contributed by atoms with E-state index >= 15 is 0 Å². The van der Waals surface area contributed by atoms with Gasteiger partial charge in [-0.15, -0.1) is 0 Å². The summed E-state index contributed by atoms with van der Waals surface area (Å²) in [5.41, 5.74) is 6.27. The highest BCUT2D eigenvalue weighted by molar-refractivity contribution is 6.30. The smallest absolute Gasteiger partial charge is 0.267 e. The second kappa shape index (κ2) is 6.72. The van der Waals surface area contributed by atoms with Crippen molar-refractivity contribution >= 4 is 23.2 Å². The van der Waals surface area contributed by atoms with E-state index in [4.69, 9.17) is 11.6 Å². The van der Waals surface area contributed by atoms with Crippen molar-refractivity contribution in [1.29, 1.82) is 0 Å². The van der Waals surface area contributed by atoms with Gasteiger partial charge in [0.25, 0.3) is 5.91 Å². The third-order valence-electron chi connectivity index (χ3n) is 3.68. The number of carbonyl (C=O) groups excluding carboxylic acids is 1. The molecule has 0 saturated carbocycles. The van der Waals surface area contributed by atoms with Crippen LogP contribution in [-0.4, -0.2) is 11.6 Å². The lowest BCUT2D eigenvalue weighted by Crippen LogP contribution is -2.23. The zero-order chi connectivity index (χ0) is 15.4. The number of hydrogen-bond acceptors (Lipinski definition) is 2. The Hall–Kier alpha value is -1.87. The first kappa shape index (κ1) is 15.5. The van der Waals surface area contributed by atoms with Gasteiger partial charge in [-0.3, -0.25) is 4.79 Å². The highest BCUT2D eigenvalue weighted by atomic mass is 35.5. The molecule has 110 valence electrons. The Bertz CT molecular complexity index is 631. The fourth-order valence-electron chi connectivity index (χ4n) is 2.24. The van der Waals surface area contributed by atoms with E-state index in [0.29, 0.717) is 16.5 Å². The van der Waals surface area contributed by atoms with E-state index in [9.17, 15) is 4.79 Å². The third-order valence-corrected chi connectivity index (χ3v) is 3.91. The Morgan fingerprint density at radius 2 is 2.24 bits per heavy atom. The number of allylic oxidation sites excluding steroid dienone is 3. The average molecular weight is 303 g/mol. The summed E-state index contributed by atoms with van der Waals surface area (Å²) in [6, 6.07) is 6.81. The number of rotatable bonds is 3. The molecule has 1 aromatic carbocycles. The van der Waals surface area contributed by atoms with Gasteiger partial charge in [0.1, 0.15) is 0 Å². The number of hydrazone groups is 1. The van der Waals surface area contributed by atoms with Gasteiger partial charge in [-0.25, -0.2) is 5.43 Å². The zero-order valence-electron chi connectivity index (χ0n) is 12.3. The molecule has 21 heavy (non-hydrogen) atoms. The lowest BCUT2D eigenvalue weighted by atomic mass is 9.85. The largest absolute Gasteiger partial charge is 0.271 e. The number of amides is 1. The Morgan fingerprint density at radius 3 is 2.90 bits per heavy atom. The molecule has 2 rings (SSSR count). The van der Waals surface area contributed by atoms with Crippen LogP contribution in [0.25, 0.3) is 0 Å². The molecular formula is C17H19ClN2O. The maximum atomic E-state index is 12.0. The number of benzene rings is 1. The van der Waals surface area contributed by atoms with Crippen molar-refractivity contribution in [2.45, 2.75) is 26.7 Å². The van der Waals surface area contributed by atoms with Crippen LogP contribution >= 0.6 is 11.6 Å². The van der Waals surface area contributed by atoms with E-state index < -0.39 is 0 Å². The predicted octanol–water partition coefficient (Wildman–Crippen LogP) is 4.36. The van der Waals surface area contributed by atoms with Crippen LogP contribution in [0.1, 0.15) is 37.0 Å². The van der Waals surface area contributed by atoms with Crippen LogP contribution in [-0.2, 0) is 0 Å². The Balaban J connectivity index is 2.09. The summed E-state index contributed by atoms with van der Waals surface area (Å²) in [7, 11) is 0. The van der Waals surface area contributed by atoms with Gasteiger partial charge >= 0.3 is 0 Å². The van der Waals surface area contributed by atoms with Crippen molar-refractivity contribution in [2.75, 3.05) is 0 Å². The molecule has 0 fully saturated rings. The van der Waals surface area contributed by atoms with Crippen LogP contribution in [0.4, 0.5) is 0 Å². The van der Waals surface area contributed by atoms with Crippen molar-refractivity contribution in [3.05, 3.63) is 58.7 Å². The molecule has 0 aromatic heterocycles. The molecule has 0 heterocycles. The van der Waals surface area contributed by atoms with Crippen LogP contribution in [0.15, 0.2) is 53.2 Å². The minimum absolute atomic E-state index is 0.254. The van der Waals surface area contributed by atoms with E-state index in [1.165, 1.54) is 0 Å². The van der Waals surface area contributed by atoms with Crippen molar-refractivity contribution in [3.8, 4) is 0 Å². The molecule has 0 spiro atoms. The van der Waals surface area contributed by atoms with E-state index in [-0.39, 0.29) is 5.91 Å². The van der Waals surface area contributed by atoms with Crippen molar-refractivity contribution in [3.63, 3.8) is 0 Å². The Labute approximate surface area is 130 Å². The fraction of sp³-hybridized carbons (Fsp3) is 0.294. The van der Waals surface area contributed by atoms with Crippen LogP contribution in [0.3, 0.4) is 0 Å². The van der Waals surface area contributed by atoms with Gasteiger partial charge in [0.05, 0.1) is 5.71 Å². The van der Waals surface area contributed by atoms with Crippen LogP contribution in [0, 0.1) is 5.92 Å². The van der Waals surface area contributed by atoms with Crippen LogP contribution in [0.2, 0.25) is 5.02 Å². The van der Waals surface area contributed by atoms with Gasteiger partial charge < -0.3 is 0 Å². The molecule has 0 saturated heterocycles. The summed E-state index contributed by atoms with van der Waals surface area (Å²) in [6.45, 7) is 8.05. The summed E-state index contributed by atoms with van der Waals surface area (Å²) in [5.74, 6) is 0.144. The molecule has 1 aliphatic rings. The zero-order valence-corrected chi connectivity index (χ0v) is 13.1. The summed E-state index contributed by atoms with van der Waals surface area (Å²) < 4.78 is 0. The molecule has 0 unspecified atom stereocenters. The normalized spacial score (nSPS) is 20.0. The minimum Gasteiger partial charge on any atom is -0.267 e. The molecular weight excluding hydrogens is 284 g/mol. The Kier molecular flexibility index (Phi) is 4.97. The van der Waals surface area contributed by atoms with Gasteiger partial charge in [0.15, 0.2) is 0 Å². The number of nitrogens with one attached hydrogen (secondary N) is 1. The molecule has 0 radical (unpaired) electrons. The SMILES string of the molecule is C=C(C)[C@@H]1CC=C(C)C(=NNC(=O)c2cccc(Cl)c2)C1. The fourth-order valence-corrected chi connectivity index (χ4v) is 2.43. The van der Waals surface area contributed by atoms with E-state index in [1.54, 1.807) is 24.3 Å². The molecule has 0 aliphatic heterocycles. The molecule has 1 aromatic rings. The highest BCUT2D eigenvalue weighted by Crippen LogP contribution is 2.26. The standard InChI is InChI=1S/C17H19ClN2O/c1-11(2)13-8-7-12(3)16(10-13)19-20-17(21)14-5-4-6-15(18)9-14/h4-7,9,13H,1,8,10H2,2-3H3,(H,20,21)/t13-/m1/s1. The maximum Gasteiger partial charge on any atom is 0.271 e.